The van der Waals surface area contributed by atoms with E-state index in [1.165, 1.54) is 0 Å². The van der Waals surface area contributed by atoms with Crippen LogP contribution in [0.1, 0.15) is 20.3 Å². The van der Waals surface area contributed by atoms with Gasteiger partial charge in [-0.2, -0.15) is 0 Å². The normalized spacial score (nSPS) is 14.7. The maximum absolute atomic E-state index is 8.87. The van der Waals surface area contributed by atoms with Crippen molar-refractivity contribution in [2.24, 2.45) is 0 Å². The first-order chi connectivity index (χ1) is 5.20. The molecule has 0 aliphatic rings. The Balaban J connectivity index is 3.45. The van der Waals surface area contributed by atoms with Crippen molar-refractivity contribution >= 4 is 0 Å². The first kappa shape index (κ1) is 10.5. The van der Waals surface area contributed by atoms with Crippen LogP contribution in [0.2, 0.25) is 0 Å². The molecule has 0 aliphatic carbocycles. The van der Waals surface area contributed by atoms with Gasteiger partial charge in [-0.25, -0.2) is 0 Å². The monoisotopic (exact) mass is 160 g/mol. The van der Waals surface area contributed by atoms with Gasteiger partial charge in [0.1, 0.15) is 12.7 Å². The molecular weight excluding hydrogens is 144 g/mol. The lowest BCUT2D eigenvalue weighted by Crippen LogP contribution is -2.18. The number of hydrogen-bond acceptors (Lipinski definition) is 3. The lowest BCUT2D eigenvalue weighted by Gasteiger charge is -2.09. The van der Waals surface area contributed by atoms with Crippen molar-refractivity contribution in [3.05, 3.63) is 11.8 Å². The molecule has 66 valence electrons. The van der Waals surface area contributed by atoms with Gasteiger partial charge in [0.25, 0.3) is 0 Å². The van der Waals surface area contributed by atoms with E-state index in [0.29, 0.717) is 0 Å². The third kappa shape index (κ3) is 5.88. The molecule has 0 spiro atoms. The fourth-order valence-corrected chi connectivity index (χ4v) is 0.627. The van der Waals surface area contributed by atoms with Crippen LogP contribution >= 0.6 is 0 Å². The highest BCUT2D eigenvalue weighted by Gasteiger charge is 2.00. The highest BCUT2D eigenvalue weighted by Crippen LogP contribution is 1.98. The molecular formula is C8H16O3. The summed E-state index contributed by atoms with van der Waals surface area (Å²) in [6.07, 6.45) is 2.07. The van der Waals surface area contributed by atoms with Gasteiger partial charge in [0, 0.05) is 0 Å². The predicted octanol–water partition coefficient (Wildman–Crippen LogP) is 0.670. The molecule has 0 aromatic heterocycles. The van der Waals surface area contributed by atoms with E-state index in [0.717, 1.165) is 12.2 Å². The highest BCUT2D eigenvalue weighted by molar-refractivity contribution is 4.87. The van der Waals surface area contributed by atoms with Crippen LogP contribution in [0.5, 0.6) is 0 Å². The van der Waals surface area contributed by atoms with Crippen molar-refractivity contribution in [1.29, 1.82) is 0 Å². The van der Waals surface area contributed by atoms with E-state index in [9.17, 15) is 0 Å². The molecule has 3 nitrogen and oxygen atoms in total. The fraction of sp³-hybridized carbons (Fsp3) is 0.750. The van der Waals surface area contributed by atoms with Crippen LogP contribution in [0.3, 0.4) is 0 Å². The molecule has 11 heavy (non-hydrogen) atoms. The Labute approximate surface area is 67.3 Å². The molecule has 0 aromatic rings. The van der Waals surface area contributed by atoms with Crippen molar-refractivity contribution in [1.82, 2.24) is 0 Å². The standard InChI is InChI=1S/C8H16O3/c1-3-4-7(2)11-6-8(10)5-9/h4,8-10H,3,5-6H2,1-2H3/b7-4-. The Morgan fingerprint density at radius 3 is 2.73 bits per heavy atom. The molecule has 0 fully saturated rings. The van der Waals surface area contributed by atoms with Gasteiger partial charge in [-0.3, -0.25) is 0 Å². The van der Waals surface area contributed by atoms with E-state index in [1.54, 1.807) is 0 Å². The van der Waals surface area contributed by atoms with Gasteiger partial charge in [-0.15, -0.1) is 0 Å². The number of hydrogen-bond donors (Lipinski definition) is 2. The van der Waals surface area contributed by atoms with E-state index < -0.39 is 6.10 Å². The molecule has 3 heteroatoms. The molecule has 0 saturated carbocycles. The molecule has 0 aliphatic heterocycles. The number of aliphatic hydroxyl groups is 2. The molecule has 0 bridgehead atoms. The average Bonchev–Trinajstić information content (AvgIpc) is 2.01. The molecule has 0 saturated heterocycles. The van der Waals surface area contributed by atoms with E-state index >= 15 is 0 Å². The summed E-state index contributed by atoms with van der Waals surface area (Å²) in [7, 11) is 0. The summed E-state index contributed by atoms with van der Waals surface area (Å²) in [6.45, 7) is 3.75. The van der Waals surface area contributed by atoms with Crippen LogP contribution < -0.4 is 0 Å². The zero-order chi connectivity index (χ0) is 8.69. The molecule has 1 unspecified atom stereocenters. The molecule has 0 heterocycles. The van der Waals surface area contributed by atoms with Crippen LogP contribution in [-0.2, 0) is 4.74 Å². The predicted molar refractivity (Wildman–Crippen MR) is 43.1 cm³/mol. The quantitative estimate of drug-likeness (QED) is 0.581. The van der Waals surface area contributed by atoms with E-state index in [2.05, 4.69) is 0 Å². The average molecular weight is 160 g/mol. The van der Waals surface area contributed by atoms with Gasteiger partial charge in [0.15, 0.2) is 0 Å². The Kier molecular flexibility index (Phi) is 5.88. The number of aliphatic hydroxyl groups excluding tert-OH is 2. The van der Waals surface area contributed by atoms with E-state index in [-0.39, 0.29) is 13.2 Å². The van der Waals surface area contributed by atoms with Crippen molar-refractivity contribution in [2.45, 2.75) is 26.4 Å². The first-order valence-corrected chi connectivity index (χ1v) is 3.79. The Bertz CT molecular complexity index is 121. The van der Waals surface area contributed by atoms with Gasteiger partial charge in [0.2, 0.25) is 0 Å². The molecule has 0 rings (SSSR count). The lowest BCUT2D eigenvalue weighted by atomic mass is 10.4. The number of ether oxygens (including phenoxy) is 1. The lowest BCUT2D eigenvalue weighted by molar-refractivity contribution is 0.0304. The van der Waals surface area contributed by atoms with E-state index in [1.807, 2.05) is 19.9 Å². The molecule has 0 amide bonds. The van der Waals surface area contributed by atoms with Crippen molar-refractivity contribution < 1.29 is 14.9 Å². The second-order valence-electron chi connectivity index (χ2n) is 2.37. The summed E-state index contributed by atoms with van der Waals surface area (Å²) >= 11 is 0. The SMILES string of the molecule is CC/C=C(/C)OCC(O)CO. The summed E-state index contributed by atoms with van der Waals surface area (Å²) in [4.78, 5) is 0. The van der Waals surface area contributed by atoms with Gasteiger partial charge < -0.3 is 14.9 Å². The summed E-state index contributed by atoms with van der Waals surface area (Å²) in [6, 6.07) is 0. The summed E-state index contributed by atoms with van der Waals surface area (Å²) in [5.74, 6) is 0.792. The zero-order valence-electron chi connectivity index (χ0n) is 7.08. The summed E-state index contributed by atoms with van der Waals surface area (Å²) < 4.78 is 5.09. The largest absolute Gasteiger partial charge is 0.496 e. The Morgan fingerprint density at radius 1 is 1.64 bits per heavy atom. The summed E-state index contributed by atoms with van der Waals surface area (Å²) in [5.41, 5.74) is 0. The molecule has 0 radical (unpaired) electrons. The third-order valence-electron chi connectivity index (χ3n) is 1.21. The van der Waals surface area contributed by atoms with Crippen LogP contribution in [0.25, 0.3) is 0 Å². The van der Waals surface area contributed by atoms with Crippen molar-refractivity contribution in [3.8, 4) is 0 Å². The first-order valence-electron chi connectivity index (χ1n) is 3.79. The second kappa shape index (κ2) is 6.19. The smallest absolute Gasteiger partial charge is 0.116 e. The third-order valence-corrected chi connectivity index (χ3v) is 1.21. The molecule has 2 N–H and O–H groups in total. The van der Waals surface area contributed by atoms with Crippen LogP contribution in [0, 0.1) is 0 Å². The number of rotatable bonds is 5. The fourth-order valence-electron chi connectivity index (χ4n) is 0.627. The zero-order valence-corrected chi connectivity index (χ0v) is 7.08. The topological polar surface area (TPSA) is 49.7 Å². The molecule has 0 aromatic carbocycles. The van der Waals surface area contributed by atoms with Crippen molar-refractivity contribution in [3.63, 3.8) is 0 Å². The van der Waals surface area contributed by atoms with Crippen LogP contribution in [0.4, 0.5) is 0 Å². The maximum Gasteiger partial charge on any atom is 0.116 e. The highest BCUT2D eigenvalue weighted by atomic mass is 16.5. The minimum atomic E-state index is -0.768. The summed E-state index contributed by atoms with van der Waals surface area (Å²) in [5, 5.41) is 17.3. The minimum Gasteiger partial charge on any atom is -0.496 e. The maximum atomic E-state index is 8.87. The van der Waals surface area contributed by atoms with Gasteiger partial charge >= 0.3 is 0 Å². The second-order valence-corrected chi connectivity index (χ2v) is 2.37. The van der Waals surface area contributed by atoms with Crippen molar-refractivity contribution in [2.75, 3.05) is 13.2 Å². The van der Waals surface area contributed by atoms with Gasteiger partial charge in [0.05, 0.1) is 12.4 Å². The Hall–Kier alpha value is -0.540. The number of allylic oxidation sites excluding steroid dienone is 2. The molecule has 1 atom stereocenters. The van der Waals surface area contributed by atoms with Crippen LogP contribution in [-0.4, -0.2) is 29.5 Å². The van der Waals surface area contributed by atoms with Gasteiger partial charge in [-0.05, 0) is 19.4 Å². The van der Waals surface area contributed by atoms with E-state index in [4.69, 9.17) is 14.9 Å². The van der Waals surface area contributed by atoms with Crippen LogP contribution in [0.15, 0.2) is 11.8 Å². The minimum absolute atomic E-state index is 0.166. The van der Waals surface area contributed by atoms with Gasteiger partial charge in [-0.1, -0.05) is 6.92 Å². The Morgan fingerprint density at radius 2 is 2.27 bits per heavy atom.